The number of aryl methyl sites for hydroxylation is 1. The molecule has 0 amide bonds. The van der Waals surface area contributed by atoms with Crippen LogP contribution in [0.4, 0.5) is 13.2 Å². The Labute approximate surface area is 121 Å². The summed E-state index contributed by atoms with van der Waals surface area (Å²) >= 11 is 0. The second-order valence-electron chi connectivity index (χ2n) is 5.54. The molecule has 0 saturated heterocycles. The van der Waals surface area contributed by atoms with Crippen LogP contribution in [0.15, 0.2) is 30.3 Å². The minimum Gasteiger partial charge on any atom is -0.310 e. The molecule has 1 N–H and O–H groups in total. The van der Waals surface area contributed by atoms with E-state index < -0.39 is 17.5 Å². The van der Waals surface area contributed by atoms with Gasteiger partial charge in [-0.2, -0.15) is 0 Å². The lowest BCUT2D eigenvalue weighted by Crippen LogP contribution is -2.16. The predicted molar refractivity (Wildman–Crippen MR) is 76.4 cm³/mol. The van der Waals surface area contributed by atoms with E-state index in [0.29, 0.717) is 23.7 Å². The van der Waals surface area contributed by atoms with Crippen LogP contribution in [-0.4, -0.2) is 6.04 Å². The first kappa shape index (κ1) is 14.1. The van der Waals surface area contributed by atoms with Crippen molar-refractivity contribution < 1.29 is 13.2 Å². The van der Waals surface area contributed by atoms with Crippen molar-refractivity contribution >= 4 is 0 Å². The topological polar surface area (TPSA) is 12.0 Å². The molecule has 0 unspecified atom stereocenters. The van der Waals surface area contributed by atoms with Gasteiger partial charge in [0.25, 0.3) is 0 Å². The first-order valence-corrected chi connectivity index (χ1v) is 7.02. The molecule has 0 radical (unpaired) electrons. The Bertz CT molecular complexity index is 678. The molecule has 1 fully saturated rings. The van der Waals surface area contributed by atoms with Gasteiger partial charge in [-0.15, -0.1) is 0 Å². The van der Waals surface area contributed by atoms with Crippen molar-refractivity contribution in [2.75, 3.05) is 0 Å². The molecule has 3 rings (SSSR count). The van der Waals surface area contributed by atoms with Crippen LogP contribution in [0.25, 0.3) is 11.1 Å². The largest absolute Gasteiger partial charge is 0.310 e. The third-order valence-corrected chi connectivity index (χ3v) is 3.77. The highest BCUT2D eigenvalue weighted by atomic mass is 19.1. The number of benzene rings is 2. The summed E-state index contributed by atoms with van der Waals surface area (Å²) in [5, 5.41) is 3.23. The van der Waals surface area contributed by atoms with Crippen LogP contribution in [0.2, 0.25) is 0 Å². The van der Waals surface area contributed by atoms with Gasteiger partial charge in [0.05, 0.1) is 0 Å². The molecule has 1 saturated carbocycles. The van der Waals surface area contributed by atoms with E-state index in [9.17, 15) is 13.2 Å². The summed E-state index contributed by atoms with van der Waals surface area (Å²) in [5.41, 5.74) is 1.21. The van der Waals surface area contributed by atoms with Crippen molar-refractivity contribution in [2.45, 2.75) is 32.4 Å². The number of nitrogens with one attached hydrogen (secondary N) is 1. The highest BCUT2D eigenvalue weighted by Gasteiger charge is 2.20. The van der Waals surface area contributed by atoms with Gasteiger partial charge in [-0.3, -0.25) is 0 Å². The zero-order valence-electron chi connectivity index (χ0n) is 11.7. The number of rotatable bonds is 4. The lowest BCUT2D eigenvalue weighted by molar-refractivity contribution is 0.585. The smallest absolute Gasteiger partial charge is 0.131 e. The van der Waals surface area contributed by atoms with E-state index >= 15 is 0 Å². The molecule has 4 heteroatoms. The highest BCUT2D eigenvalue weighted by molar-refractivity contribution is 5.65. The first-order valence-electron chi connectivity index (χ1n) is 7.02. The Balaban J connectivity index is 1.88. The van der Waals surface area contributed by atoms with Gasteiger partial charge in [-0.25, -0.2) is 13.2 Å². The number of hydrogen-bond acceptors (Lipinski definition) is 1. The van der Waals surface area contributed by atoms with Crippen LogP contribution in [0.3, 0.4) is 0 Å². The molecular formula is C17H16F3N. The number of hydrogen-bond donors (Lipinski definition) is 1. The van der Waals surface area contributed by atoms with Crippen molar-refractivity contribution in [3.8, 4) is 11.1 Å². The zero-order chi connectivity index (χ0) is 15.0. The average Bonchev–Trinajstić information content (AvgIpc) is 3.25. The van der Waals surface area contributed by atoms with E-state index in [1.165, 1.54) is 13.0 Å². The van der Waals surface area contributed by atoms with Crippen molar-refractivity contribution in [2.24, 2.45) is 0 Å². The molecule has 2 aromatic rings. The molecule has 2 aromatic carbocycles. The van der Waals surface area contributed by atoms with Crippen LogP contribution in [0.5, 0.6) is 0 Å². The minimum absolute atomic E-state index is 0.0821. The average molecular weight is 291 g/mol. The van der Waals surface area contributed by atoms with Gasteiger partial charge in [0.15, 0.2) is 0 Å². The molecule has 0 bridgehead atoms. The summed E-state index contributed by atoms with van der Waals surface area (Å²) in [6.07, 6.45) is 2.26. The van der Waals surface area contributed by atoms with Gasteiger partial charge >= 0.3 is 0 Å². The maximum atomic E-state index is 14.1. The number of halogens is 3. The molecule has 0 aliphatic heterocycles. The first-order chi connectivity index (χ1) is 10.0. The van der Waals surface area contributed by atoms with Crippen LogP contribution in [0, 0.1) is 24.4 Å². The van der Waals surface area contributed by atoms with Gasteiger partial charge in [0.2, 0.25) is 0 Å². The van der Waals surface area contributed by atoms with Gasteiger partial charge in [0.1, 0.15) is 17.5 Å². The molecule has 1 aliphatic carbocycles. The summed E-state index contributed by atoms with van der Waals surface area (Å²) < 4.78 is 41.5. The SMILES string of the molecule is Cc1cc(F)c(-c2ccc(CNC3CC3)c(F)c2)cc1F. The zero-order valence-corrected chi connectivity index (χ0v) is 11.7. The molecule has 1 aliphatic rings. The van der Waals surface area contributed by atoms with Crippen molar-refractivity contribution in [1.29, 1.82) is 0 Å². The fourth-order valence-corrected chi connectivity index (χ4v) is 2.27. The van der Waals surface area contributed by atoms with Gasteiger partial charge in [-0.1, -0.05) is 12.1 Å². The quantitative estimate of drug-likeness (QED) is 0.884. The summed E-state index contributed by atoms with van der Waals surface area (Å²) in [6.45, 7) is 1.96. The van der Waals surface area contributed by atoms with Crippen LogP contribution in [0.1, 0.15) is 24.0 Å². The van der Waals surface area contributed by atoms with Gasteiger partial charge in [0, 0.05) is 23.7 Å². The van der Waals surface area contributed by atoms with E-state index in [4.69, 9.17) is 0 Å². The molecular weight excluding hydrogens is 275 g/mol. The van der Waals surface area contributed by atoms with E-state index in [1.807, 2.05) is 0 Å². The molecule has 110 valence electrons. The highest BCUT2D eigenvalue weighted by Crippen LogP contribution is 2.27. The molecule has 0 heterocycles. The summed E-state index contributed by atoms with van der Waals surface area (Å²) in [4.78, 5) is 0. The van der Waals surface area contributed by atoms with Crippen molar-refractivity contribution in [3.63, 3.8) is 0 Å². The van der Waals surface area contributed by atoms with E-state index in [0.717, 1.165) is 25.0 Å². The van der Waals surface area contributed by atoms with Gasteiger partial charge in [-0.05, 0) is 49.1 Å². The molecule has 0 atom stereocenters. The van der Waals surface area contributed by atoms with Crippen molar-refractivity contribution in [3.05, 3.63) is 58.9 Å². The summed E-state index contributed by atoms with van der Waals surface area (Å²) in [6, 6.07) is 7.24. The fourth-order valence-electron chi connectivity index (χ4n) is 2.27. The Morgan fingerprint density at radius 2 is 1.76 bits per heavy atom. The third kappa shape index (κ3) is 3.10. The van der Waals surface area contributed by atoms with Crippen LogP contribution < -0.4 is 5.32 Å². The Hall–Kier alpha value is -1.81. The summed E-state index contributed by atoms with van der Waals surface area (Å²) in [5.74, 6) is -1.44. The standard InChI is InChI=1S/C17H16F3N/c1-10-6-17(20)14(8-15(10)18)11-2-3-12(16(19)7-11)9-21-13-4-5-13/h2-3,6-8,13,21H,4-5,9H2,1H3. The van der Waals surface area contributed by atoms with E-state index in [2.05, 4.69) is 5.32 Å². The lowest BCUT2D eigenvalue weighted by atomic mass is 10.0. The normalized spacial score (nSPS) is 14.5. The van der Waals surface area contributed by atoms with Crippen LogP contribution >= 0.6 is 0 Å². The minimum atomic E-state index is -0.544. The van der Waals surface area contributed by atoms with Gasteiger partial charge < -0.3 is 5.32 Å². The Kier molecular flexibility index (Phi) is 3.72. The Morgan fingerprint density at radius 1 is 1.00 bits per heavy atom. The molecule has 1 nitrogen and oxygen atoms in total. The second kappa shape index (κ2) is 5.53. The van der Waals surface area contributed by atoms with Crippen LogP contribution in [-0.2, 0) is 6.54 Å². The fraction of sp³-hybridized carbons (Fsp3) is 0.294. The predicted octanol–water partition coefficient (Wildman–Crippen LogP) is 4.33. The third-order valence-electron chi connectivity index (χ3n) is 3.77. The van der Waals surface area contributed by atoms with E-state index in [1.54, 1.807) is 12.1 Å². The molecule has 21 heavy (non-hydrogen) atoms. The molecule has 0 aromatic heterocycles. The second-order valence-corrected chi connectivity index (χ2v) is 5.54. The van der Waals surface area contributed by atoms with Crippen molar-refractivity contribution in [1.82, 2.24) is 5.32 Å². The summed E-state index contributed by atoms with van der Waals surface area (Å²) in [7, 11) is 0. The Morgan fingerprint density at radius 3 is 2.43 bits per heavy atom. The monoisotopic (exact) mass is 291 g/mol. The maximum absolute atomic E-state index is 14.1. The van der Waals surface area contributed by atoms with E-state index in [-0.39, 0.29) is 11.1 Å². The maximum Gasteiger partial charge on any atom is 0.131 e. The lowest BCUT2D eigenvalue weighted by Gasteiger charge is -2.09. The molecule has 0 spiro atoms.